The third kappa shape index (κ3) is 2.09. The van der Waals surface area contributed by atoms with Crippen LogP contribution in [-0.2, 0) is 6.54 Å². The molecule has 2 heterocycles. The van der Waals surface area contributed by atoms with E-state index in [1.54, 1.807) is 0 Å². The van der Waals surface area contributed by atoms with Gasteiger partial charge in [0.25, 0.3) is 0 Å². The maximum absolute atomic E-state index is 5.67. The largest absolute Gasteiger partial charge is 0.486 e. The molecule has 19 heavy (non-hydrogen) atoms. The van der Waals surface area contributed by atoms with Crippen molar-refractivity contribution in [3.8, 4) is 11.5 Å². The lowest BCUT2D eigenvalue weighted by Crippen LogP contribution is -2.15. The zero-order chi connectivity index (χ0) is 12.8. The van der Waals surface area contributed by atoms with Crippen molar-refractivity contribution in [3.63, 3.8) is 0 Å². The molecule has 2 aromatic rings. The van der Waals surface area contributed by atoms with Crippen molar-refractivity contribution in [2.45, 2.75) is 32.4 Å². The van der Waals surface area contributed by atoms with E-state index in [-0.39, 0.29) is 0 Å². The van der Waals surface area contributed by atoms with Gasteiger partial charge < -0.3 is 14.8 Å². The Bertz CT molecular complexity index is 631. The van der Waals surface area contributed by atoms with Gasteiger partial charge in [0.15, 0.2) is 11.5 Å². The third-order valence-corrected chi connectivity index (χ3v) is 5.08. The zero-order valence-corrected chi connectivity index (χ0v) is 11.8. The lowest BCUT2D eigenvalue weighted by atomic mass is 10.1. The Balaban J connectivity index is 1.72. The Morgan fingerprint density at radius 1 is 1.21 bits per heavy atom. The molecule has 0 spiro atoms. The second kappa shape index (κ2) is 4.39. The van der Waals surface area contributed by atoms with Crippen molar-refractivity contribution < 1.29 is 9.47 Å². The van der Waals surface area contributed by atoms with E-state index in [9.17, 15) is 0 Å². The lowest BCUT2D eigenvalue weighted by Gasteiger charge is -2.18. The number of hydrogen-bond donors (Lipinski definition) is 1. The van der Waals surface area contributed by atoms with Crippen molar-refractivity contribution in [3.05, 3.63) is 22.6 Å². The first-order valence-electron chi connectivity index (χ1n) is 6.86. The van der Waals surface area contributed by atoms with Crippen LogP contribution in [0.5, 0.6) is 11.5 Å². The highest BCUT2D eigenvalue weighted by Gasteiger charge is 2.21. The summed E-state index contributed by atoms with van der Waals surface area (Å²) < 4.78 is 12.6. The molecule has 0 radical (unpaired) electrons. The fourth-order valence-electron chi connectivity index (χ4n) is 2.50. The molecular formula is C15H17NO2S. The monoisotopic (exact) mass is 275 g/mol. The number of hydrogen-bond acceptors (Lipinski definition) is 4. The molecule has 1 aliphatic heterocycles. The number of aryl methyl sites for hydroxylation is 1. The van der Waals surface area contributed by atoms with Gasteiger partial charge in [0.05, 0.1) is 0 Å². The predicted octanol–water partition coefficient (Wildman–Crippen LogP) is 3.23. The molecule has 1 aromatic carbocycles. The molecule has 3 nitrogen and oxygen atoms in total. The van der Waals surface area contributed by atoms with E-state index in [1.807, 2.05) is 11.3 Å². The minimum Gasteiger partial charge on any atom is -0.486 e. The van der Waals surface area contributed by atoms with Gasteiger partial charge in [0.2, 0.25) is 0 Å². The maximum atomic E-state index is 5.67. The molecule has 2 aliphatic rings. The molecule has 0 atom stereocenters. The van der Waals surface area contributed by atoms with Crippen LogP contribution in [0.3, 0.4) is 0 Å². The average Bonchev–Trinajstić information content (AvgIpc) is 3.21. The highest BCUT2D eigenvalue weighted by atomic mass is 32.1. The topological polar surface area (TPSA) is 30.5 Å². The van der Waals surface area contributed by atoms with Gasteiger partial charge in [-0.1, -0.05) is 0 Å². The van der Waals surface area contributed by atoms with E-state index >= 15 is 0 Å². The van der Waals surface area contributed by atoms with Crippen LogP contribution in [0.2, 0.25) is 0 Å². The average molecular weight is 275 g/mol. The zero-order valence-electron chi connectivity index (χ0n) is 11.0. The third-order valence-electron chi connectivity index (χ3n) is 3.83. The minimum absolute atomic E-state index is 0.651. The summed E-state index contributed by atoms with van der Waals surface area (Å²) in [7, 11) is 0. The molecule has 0 unspecified atom stereocenters. The summed E-state index contributed by atoms with van der Waals surface area (Å²) in [6, 6.07) is 5.02. The SMILES string of the molecule is Cc1c(CNC2CC2)sc2cc3c(cc12)OCCO3. The molecule has 1 saturated carbocycles. The van der Waals surface area contributed by atoms with E-state index in [2.05, 4.69) is 24.4 Å². The second-order valence-electron chi connectivity index (χ2n) is 5.30. The van der Waals surface area contributed by atoms with Crippen molar-refractivity contribution in [1.29, 1.82) is 0 Å². The van der Waals surface area contributed by atoms with Gasteiger partial charge >= 0.3 is 0 Å². The summed E-state index contributed by atoms with van der Waals surface area (Å²) in [4.78, 5) is 1.43. The molecule has 100 valence electrons. The normalized spacial score (nSPS) is 17.9. The smallest absolute Gasteiger partial charge is 0.162 e. The first-order valence-corrected chi connectivity index (χ1v) is 7.68. The maximum Gasteiger partial charge on any atom is 0.162 e. The summed E-state index contributed by atoms with van der Waals surface area (Å²) in [5.41, 5.74) is 1.38. The number of fused-ring (bicyclic) bond motifs is 2. The molecule has 0 bridgehead atoms. The molecule has 1 N–H and O–H groups in total. The molecule has 4 rings (SSSR count). The highest BCUT2D eigenvalue weighted by molar-refractivity contribution is 7.19. The van der Waals surface area contributed by atoms with E-state index in [1.165, 1.54) is 33.4 Å². The Labute approximate surface area is 116 Å². The van der Waals surface area contributed by atoms with Crippen LogP contribution < -0.4 is 14.8 Å². The van der Waals surface area contributed by atoms with E-state index in [0.29, 0.717) is 13.2 Å². The van der Waals surface area contributed by atoms with Crippen LogP contribution in [-0.4, -0.2) is 19.3 Å². The van der Waals surface area contributed by atoms with Crippen LogP contribution >= 0.6 is 11.3 Å². The van der Waals surface area contributed by atoms with Crippen LogP contribution in [0, 0.1) is 6.92 Å². The molecule has 4 heteroatoms. The van der Waals surface area contributed by atoms with Crippen LogP contribution in [0.25, 0.3) is 10.1 Å². The summed E-state index contributed by atoms with van der Waals surface area (Å²) in [5.74, 6) is 1.78. The van der Waals surface area contributed by atoms with Gasteiger partial charge in [-0.25, -0.2) is 0 Å². The highest BCUT2D eigenvalue weighted by Crippen LogP contribution is 2.40. The van der Waals surface area contributed by atoms with Crippen LogP contribution in [0.15, 0.2) is 12.1 Å². The van der Waals surface area contributed by atoms with Crippen molar-refractivity contribution in [1.82, 2.24) is 5.32 Å². The Morgan fingerprint density at radius 3 is 2.68 bits per heavy atom. The number of nitrogens with one attached hydrogen (secondary N) is 1. The predicted molar refractivity (Wildman–Crippen MR) is 77.4 cm³/mol. The Morgan fingerprint density at radius 2 is 1.95 bits per heavy atom. The molecule has 1 fully saturated rings. The van der Waals surface area contributed by atoms with Crippen molar-refractivity contribution >= 4 is 21.4 Å². The van der Waals surface area contributed by atoms with Gasteiger partial charge in [-0.3, -0.25) is 0 Å². The van der Waals surface area contributed by atoms with Gasteiger partial charge in [-0.15, -0.1) is 11.3 Å². The first-order chi connectivity index (χ1) is 9.31. The van der Waals surface area contributed by atoms with Crippen LogP contribution in [0.1, 0.15) is 23.3 Å². The van der Waals surface area contributed by atoms with Gasteiger partial charge in [0, 0.05) is 28.2 Å². The van der Waals surface area contributed by atoms with Gasteiger partial charge in [-0.05, 0) is 36.8 Å². The van der Waals surface area contributed by atoms with Crippen LogP contribution in [0.4, 0.5) is 0 Å². The van der Waals surface area contributed by atoms with E-state index in [4.69, 9.17) is 9.47 Å². The minimum atomic E-state index is 0.651. The molecule has 1 aliphatic carbocycles. The summed E-state index contributed by atoms with van der Waals surface area (Å²) in [5, 5.41) is 4.90. The second-order valence-corrected chi connectivity index (χ2v) is 6.43. The number of thiophene rings is 1. The Hall–Kier alpha value is -1.26. The molecular weight excluding hydrogens is 258 g/mol. The fraction of sp³-hybridized carbons (Fsp3) is 0.467. The standard InChI is InChI=1S/C15H17NO2S/c1-9-11-6-12-13(18-5-4-17-12)7-14(11)19-15(9)8-16-10-2-3-10/h6-7,10,16H,2-5,8H2,1H3. The number of benzene rings is 1. The quantitative estimate of drug-likeness (QED) is 0.933. The van der Waals surface area contributed by atoms with E-state index < -0.39 is 0 Å². The molecule has 1 aromatic heterocycles. The fourth-order valence-corrected chi connectivity index (χ4v) is 3.67. The van der Waals surface area contributed by atoms with Crippen molar-refractivity contribution in [2.24, 2.45) is 0 Å². The first kappa shape index (κ1) is 11.6. The summed E-state index contributed by atoms with van der Waals surface area (Å²) >= 11 is 1.87. The lowest BCUT2D eigenvalue weighted by molar-refractivity contribution is 0.172. The van der Waals surface area contributed by atoms with E-state index in [0.717, 1.165) is 24.1 Å². The van der Waals surface area contributed by atoms with Gasteiger partial charge in [0.1, 0.15) is 13.2 Å². The van der Waals surface area contributed by atoms with Gasteiger partial charge in [-0.2, -0.15) is 0 Å². The molecule has 0 saturated heterocycles. The summed E-state index contributed by atoms with van der Waals surface area (Å²) in [6.07, 6.45) is 2.67. The molecule has 0 amide bonds. The number of ether oxygens (including phenoxy) is 2. The summed E-state index contributed by atoms with van der Waals surface area (Å²) in [6.45, 7) is 4.50. The number of rotatable bonds is 3. The van der Waals surface area contributed by atoms with Crippen molar-refractivity contribution in [2.75, 3.05) is 13.2 Å². The Kier molecular flexibility index (Phi) is 2.67.